The lowest BCUT2D eigenvalue weighted by Gasteiger charge is -2.49. The minimum Gasteiger partial charge on any atom is -0.479 e. The van der Waals surface area contributed by atoms with Crippen molar-refractivity contribution in [2.75, 3.05) is 12.4 Å². The van der Waals surface area contributed by atoms with Crippen LogP contribution in [0.2, 0.25) is 0 Å². The zero-order valence-electron chi connectivity index (χ0n) is 14.5. The summed E-state index contributed by atoms with van der Waals surface area (Å²) in [5, 5.41) is 23.4. The maximum Gasteiger partial charge on any atom is 0.352 e. The van der Waals surface area contributed by atoms with Crippen molar-refractivity contribution in [3.05, 3.63) is 35.8 Å². The molecule has 2 aliphatic heterocycles. The number of hydrogen-bond acceptors (Lipinski definition) is 10. The van der Waals surface area contributed by atoms with E-state index >= 15 is 0 Å². The largest absolute Gasteiger partial charge is 0.479 e. The summed E-state index contributed by atoms with van der Waals surface area (Å²) >= 11 is 2.07. The van der Waals surface area contributed by atoms with Gasteiger partial charge in [-0.25, -0.2) is 9.59 Å². The molecule has 1 aromatic rings. The quantitative estimate of drug-likeness (QED) is 0.266. The normalized spacial score (nSPS) is 21.2. The van der Waals surface area contributed by atoms with Gasteiger partial charge in [-0.05, 0) is 5.57 Å². The van der Waals surface area contributed by atoms with Gasteiger partial charge >= 0.3 is 11.9 Å². The molecule has 29 heavy (non-hydrogen) atoms. The second-order valence-electron chi connectivity index (χ2n) is 5.64. The monoisotopic (exact) mass is 439 g/mol. The lowest BCUT2D eigenvalue weighted by molar-refractivity contribution is -0.150. The summed E-state index contributed by atoms with van der Waals surface area (Å²) < 4.78 is 7.61. The fourth-order valence-corrected chi connectivity index (χ4v) is 4.39. The summed E-state index contributed by atoms with van der Waals surface area (Å²) in [7, 11) is 0. The van der Waals surface area contributed by atoms with Crippen LogP contribution >= 0.6 is 23.5 Å². The Labute approximate surface area is 171 Å². The molecule has 1 fully saturated rings. The first-order valence-corrected chi connectivity index (χ1v) is 9.67. The van der Waals surface area contributed by atoms with Crippen LogP contribution < -0.4 is 5.32 Å². The van der Waals surface area contributed by atoms with Gasteiger partial charge in [0.05, 0.1) is 17.9 Å². The summed E-state index contributed by atoms with van der Waals surface area (Å²) in [6.45, 7) is 2.78. The number of oxime groups is 1. The van der Waals surface area contributed by atoms with Crippen LogP contribution in [0.3, 0.4) is 0 Å². The first-order valence-electron chi connectivity index (χ1n) is 7.89. The van der Waals surface area contributed by atoms with E-state index in [0.29, 0.717) is 11.3 Å². The summed E-state index contributed by atoms with van der Waals surface area (Å²) in [5.74, 6) is -3.68. The number of nitrogens with one attached hydrogen (secondary N) is 1. The highest BCUT2D eigenvalue weighted by Gasteiger charge is 2.54. The highest BCUT2D eigenvalue weighted by Crippen LogP contribution is 2.40. The third-order valence-corrected chi connectivity index (χ3v) is 5.68. The number of fused-ring (bicyclic) bond motifs is 1. The number of aromatic nitrogens is 2. The van der Waals surface area contributed by atoms with E-state index in [1.165, 1.54) is 24.0 Å². The number of carboxylic acids is 2. The Morgan fingerprint density at radius 1 is 1.45 bits per heavy atom. The van der Waals surface area contributed by atoms with E-state index in [2.05, 4.69) is 30.6 Å². The third-order valence-electron chi connectivity index (χ3n) is 3.90. The van der Waals surface area contributed by atoms with E-state index in [-0.39, 0.29) is 17.1 Å². The zero-order chi connectivity index (χ0) is 21.1. The number of aliphatic carboxylic acids is 2. The van der Waals surface area contributed by atoms with Gasteiger partial charge in [0.15, 0.2) is 5.71 Å². The Morgan fingerprint density at radius 2 is 2.21 bits per heavy atom. The van der Waals surface area contributed by atoms with Gasteiger partial charge in [0.1, 0.15) is 22.8 Å². The Kier molecular flexibility index (Phi) is 5.93. The Hall–Kier alpha value is -3.26. The van der Waals surface area contributed by atoms with Gasteiger partial charge in [-0.3, -0.25) is 14.5 Å². The van der Waals surface area contributed by atoms with Crippen LogP contribution in [0.15, 0.2) is 35.3 Å². The predicted molar refractivity (Wildman–Crippen MR) is 99.9 cm³/mol. The first-order chi connectivity index (χ1) is 13.8. The summed E-state index contributed by atoms with van der Waals surface area (Å²) in [5.41, 5.74) is -0.0675. The molecule has 152 valence electrons. The SMILES string of the molecule is C=CC1=C(C(=O)O)N2C(=O)C(NC(=O)/C(=N\OCC(=O)O)c3cnsn3)[C@H]2SC1. The number of carbonyl (C=O) groups is 4. The highest BCUT2D eigenvalue weighted by atomic mass is 32.2. The molecule has 0 spiro atoms. The van der Waals surface area contributed by atoms with Gasteiger partial charge in [0, 0.05) is 5.75 Å². The van der Waals surface area contributed by atoms with Gasteiger partial charge in [0.25, 0.3) is 11.8 Å². The number of carbonyl (C=O) groups excluding carboxylic acids is 2. The average Bonchev–Trinajstić information content (AvgIpc) is 3.21. The van der Waals surface area contributed by atoms with E-state index in [0.717, 1.165) is 16.6 Å². The van der Waals surface area contributed by atoms with E-state index in [4.69, 9.17) is 5.11 Å². The first kappa shape index (κ1) is 20.5. The molecule has 1 saturated heterocycles. The fourth-order valence-electron chi connectivity index (χ4n) is 2.63. The molecule has 0 aliphatic carbocycles. The molecule has 3 rings (SSSR count). The summed E-state index contributed by atoms with van der Waals surface area (Å²) in [6.07, 6.45) is 2.62. The van der Waals surface area contributed by atoms with Crippen LogP contribution in [0, 0.1) is 0 Å². The van der Waals surface area contributed by atoms with Crippen LogP contribution in [0.25, 0.3) is 0 Å². The Balaban J connectivity index is 1.77. The van der Waals surface area contributed by atoms with Crippen molar-refractivity contribution in [2.24, 2.45) is 5.16 Å². The van der Waals surface area contributed by atoms with Gasteiger partial charge in [-0.1, -0.05) is 17.8 Å². The van der Waals surface area contributed by atoms with Gasteiger partial charge in [-0.2, -0.15) is 8.75 Å². The molecular weight excluding hydrogens is 426 g/mol. The molecule has 3 heterocycles. The summed E-state index contributed by atoms with van der Waals surface area (Å²) in [6, 6.07) is -0.996. The predicted octanol–water partition coefficient (Wildman–Crippen LogP) is -0.732. The highest BCUT2D eigenvalue weighted by molar-refractivity contribution is 8.00. The van der Waals surface area contributed by atoms with E-state index < -0.39 is 41.8 Å². The second-order valence-corrected chi connectivity index (χ2v) is 7.31. The number of nitrogens with zero attached hydrogens (tertiary/aromatic N) is 4. The van der Waals surface area contributed by atoms with E-state index in [1.807, 2.05) is 0 Å². The lowest BCUT2D eigenvalue weighted by Crippen LogP contribution is -2.71. The Bertz CT molecular complexity index is 943. The number of thioether (sulfide) groups is 1. The maximum atomic E-state index is 12.6. The lowest BCUT2D eigenvalue weighted by atomic mass is 10.0. The van der Waals surface area contributed by atoms with Crippen molar-refractivity contribution in [3.63, 3.8) is 0 Å². The molecule has 1 aromatic heterocycles. The number of hydrogen-bond donors (Lipinski definition) is 3. The van der Waals surface area contributed by atoms with Crippen LogP contribution in [0.1, 0.15) is 5.69 Å². The smallest absolute Gasteiger partial charge is 0.352 e. The molecule has 0 saturated carbocycles. The number of rotatable bonds is 8. The topological polar surface area (TPSA) is 171 Å². The molecule has 1 unspecified atom stereocenters. The average molecular weight is 439 g/mol. The Morgan fingerprint density at radius 3 is 2.79 bits per heavy atom. The second kappa shape index (κ2) is 8.40. The van der Waals surface area contributed by atoms with E-state index in [9.17, 15) is 24.3 Å². The maximum absolute atomic E-state index is 12.6. The molecular formula is C15H13N5O7S2. The van der Waals surface area contributed by atoms with Crippen molar-refractivity contribution < 1.29 is 34.2 Å². The van der Waals surface area contributed by atoms with Gasteiger partial charge < -0.3 is 20.4 Å². The van der Waals surface area contributed by atoms with Crippen LogP contribution in [-0.4, -0.2) is 77.1 Å². The van der Waals surface area contributed by atoms with Gasteiger partial charge in [-0.15, -0.1) is 11.8 Å². The molecule has 0 bridgehead atoms. The van der Waals surface area contributed by atoms with Crippen molar-refractivity contribution in [3.8, 4) is 0 Å². The van der Waals surface area contributed by atoms with Gasteiger partial charge in [0.2, 0.25) is 6.61 Å². The van der Waals surface area contributed by atoms with Crippen LogP contribution in [0.5, 0.6) is 0 Å². The number of carboxylic acid groups (broad SMARTS) is 2. The van der Waals surface area contributed by atoms with Crippen molar-refractivity contribution in [2.45, 2.75) is 11.4 Å². The van der Waals surface area contributed by atoms with Crippen molar-refractivity contribution in [1.82, 2.24) is 19.0 Å². The van der Waals surface area contributed by atoms with Crippen molar-refractivity contribution in [1.29, 1.82) is 0 Å². The molecule has 0 aromatic carbocycles. The molecule has 2 atom stereocenters. The minimum atomic E-state index is -1.29. The molecule has 0 radical (unpaired) electrons. The van der Waals surface area contributed by atoms with Crippen molar-refractivity contribution >= 4 is 53.0 Å². The fraction of sp³-hybridized carbons (Fsp3) is 0.267. The van der Waals surface area contributed by atoms with Crippen LogP contribution in [0.4, 0.5) is 0 Å². The molecule has 2 aliphatic rings. The third kappa shape index (κ3) is 3.97. The number of amides is 2. The minimum absolute atomic E-state index is 0.0397. The molecule has 3 N–H and O–H groups in total. The number of β-lactam (4-membered cyclic amide) rings is 1. The van der Waals surface area contributed by atoms with Crippen LogP contribution in [-0.2, 0) is 24.0 Å². The molecule has 14 heteroatoms. The zero-order valence-corrected chi connectivity index (χ0v) is 16.1. The summed E-state index contributed by atoms with van der Waals surface area (Å²) in [4.78, 5) is 52.9. The molecule has 2 amide bonds. The van der Waals surface area contributed by atoms with E-state index in [1.54, 1.807) is 0 Å². The number of allylic oxidation sites excluding steroid dienone is 1. The standard InChI is InChI=1S/C15H13N5O7S2/c1-2-6-5-28-14-10(13(24)20(14)11(6)15(25)26)17-12(23)9(7-3-16-29-19-7)18-27-4-8(21)22/h2-3,10,14H,1,4-5H2,(H,17,23)(H,21,22)(H,25,26)/b18-9-/t10?,14-/m1/s1. The molecule has 12 nitrogen and oxygen atoms in total.